The van der Waals surface area contributed by atoms with Crippen molar-refractivity contribution in [2.24, 2.45) is 0 Å². The Bertz CT molecular complexity index is 343. The normalized spacial score (nSPS) is 15.3. The van der Waals surface area contributed by atoms with Crippen LogP contribution < -0.4 is 9.64 Å². The van der Waals surface area contributed by atoms with Crippen LogP contribution in [0.4, 0.5) is 5.69 Å². The Balaban J connectivity index is 2.44. The average Bonchev–Trinajstić information content (AvgIpc) is 2.17. The quantitative estimate of drug-likeness (QED) is 0.712. The molecular weight excluding hydrogens is 202 g/mol. The molecule has 1 aromatic rings. The molecule has 0 atom stereocenters. The number of nitrogens with zero attached hydrogens (tertiary/aromatic N) is 3. The molecule has 76 valence electrons. The van der Waals surface area contributed by atoms with Gasteiger partial charge in [-0.25, -0.2) is 0 Å². The molecule has 0 bridgehead atoms. The summed E-state index contributed by atoms with van der Waals surface area (Å²) < 4.78 is 5.46. The van der Waals surface area contributed by atoms with Gasteiger partial charge < -0.3 is 9.64 Å². The van der Waals surface area contributed by atoms with Crippen molar-refractivity contribution in [2.45, 2.75) is 19.9 Å². The van der Waals surface area contributed by atoms with E-state index in [-0.39, 0.29) is 0 Å². The van der Waals surface area contributed by atoms with Crippen LogP contribution in [0, 0.1) is 0 Å². The van der Waals surface area contributed by atoms with Gasteiger partial charge >= 0.3 is 0 Å². The summed E-state index contributed by atoms with van der Waals surface area (Å²) in [6, 6.07) is 0.415. The van der Waals surface area contributed by atoms with E-state index < -0.39 is 0 Å². The zero-order valence-corrected chi connectivity index (χ0v) is 8.95. The highest BCUT2D eigenvalue weighted by Crippen LogP contribution is 2.36. The maximum atomic E-state index is 5.89. The summed E-state index contributed by atoms with van der Waals surface area (Å²) in [4.78, 5) is 2.21. The van der Waals surface area contributed by atoms with Gasteiger partial charge in [0, 0.05) is 6.04 Å². The fourth-order valence-electron chi connectivity index (χ4n) is 1.58. The Morgan fingerprint density at radius 2 is 2.36 bits per heavy atom. The lowest BCUT2D eigenvalue weighted by molar-refractivity contribution is 0.301. The Labute approximate surface area is 87.8 Å². The smallest absolute Gasteiger partial charge is 0.195 e. The molecule has 0 aromatic carbocycles. The number of ether oxygens (including phenoxy) is 1. The van der Waals surface area contributed by atoms with E-state index in [4.69, 9.17) is 16.3 Å². The van der Waals surface area contributed by atoms with E-state index in [0.29, 0.717) is 23.6 Å². The standard InChI is InChI=1S/C9H12ClN3O/c1-6(2)13-3-4-14-8-7(13)5-11-12-9(8)10/h5-6H,3-4H2,1-2H3. The molecular formula is C9H12ClN3O. The minimum Gasteiger partial charge on any atom is -0.486 e. The predicted molar refractivity (Wildman–Crippen MR) is 55.0 cm³/mol. The highest BCUT2D eigenvalue weighted by atomic mass is 35.5. The van der Waals surface area contributed by atoms with Crippen LogP contribution in [0.25, 0.3) is 0 Å². The number of hydrogen-bond acceptors (Lipinski definition) is 4. The van der Waals surface area contributed by atoms with Crippen LogP contribution in [0.2, 0.25) is 5.15 Å². The first kappa shape index (κ1) is 9.52. The molecule has 0 fully saturated rings. The fourth-order valence-corrected chi connectivity index (χ4v) is 1.78. The third kappa shape index (κ3) is 1.50. The third-order valence-electron chi connectivity index (χ3n) is 2.26. The van der Waals surface area contributed by atoms with Gasteiger partial charge in [0.1, 0.15) is 12.3 Å². The van der Waals surface area contributed by atoms with Crippen molar-refractivity contribution in [3.63, 3.8) is 0 Å². The maximum Gasteiger partial charge on any atom is 0.195 e. The van der Waals surface area contributed by atoms with Gasteiger partial charge in [-0.05, 0) is 13.8 Å². The molecule has 4 nitrogen and oxygen atoms in total. The van der Waals surface area contributed by atoms with Crippen molar-refractivity contribution in [1.82, 2.24) is 10.2 Å². The first-order valence-electron chi connectivity index (χ1n) is 4.60. The largest absolute Gasteiger partial charge is 0.486 e. The van der Waals surface area contributed by atoms with Crippen molar-refractivity contribution in [3.8, 4) is 5.75 Å². The van der Waals surface area contributed by atoms with Crippen LogP contribution in [0.5, 0.6) is 5.75 Å². The molecule has 1 aliphatic rings. The summed E-state index contributed by atoms with van der Waals surface area (Å²) in [5.41, 5.74) is 0.936. The van der Waals surface area contributed by atoms with Crippen LogP contribution in [-0.2, 0) is 0 Å². The Kier molecular flexibility index (Phi) is 2.46. The summed E-state index contributed by atoms with van der Waals surface area (Å²) in [5.74, 6) is 0.654. The molecule has 14 heavy (non-hydrogen) atoms. The predicted octanol–water partition coefficient (Wildman–Crippen LogP) is 1.74. The van der Waals surface area contributed by atoms with Crippen molar-refractivity contribution >= 4 is 17.3 Å². The van der Waals surface area contributed by atoms with Gasteiger partial charge in [-0.1, -0.05) is 11.6 Å². The highest BCUT2D eigenvalue weighted by Gasteiger charge is 2.23. The molecule has 1 aliphatic heterocycles. The van der Waals surface area contributed by atoms with Crippen molar-refractivity contribution in [3.05, 3.63) is 11.3 Å². The molecule has 0 radical (unpaired) electrons. The van der Waals surface area contributed by atoms with Crippen LogP contribution in [-0.4, -0.2) is 29.4 Å². The molecule has 0 aliphatic carbocycles. The number of rotatable bonds is 1. The van der Waals surface area contributed by atoms with Crippen LogP contribution in [0.1, 0.15) is 13.8 Å². The minimum absolute atomic E-state index is 0.341. The van der Waals surface area contributed by atoms with Crippen LogP contribution in [0.15, 0.2) is 6.20 Å². The monoisotopic (exact) mass is 213 g/mol. The second-order valence-corrected chi connectivity index (χ2v) is 3.84. The number of aromatic nitrogens is 2. The Hall–Kier alpha value is -1.03. The van der Waals surface area contributed by atoms with Crippen molar-refractivity contribution in [2.75, 3.05) is 18.1 Å². The number of fused-ring (bicyclic) bond motifs is 1. The molecule has 0 amide bonds. The second kappa shape index (κ2) is 3.61. The van der Waals surface area contributed by atoms with Gasteiger partial charge in [0.25, 0.3) is 0 Å². The average molecular weight is 214 g/mol. The van der Waals surface area contributed by atoms with Crippen LogP contribution in [0.3, 0.4) is 0 Å². The SMILES string of the molecule is CC(C)N1CCOc2c1cnnc2Cl. The van der Waals surface area contributed by atoms with E-state index in [1.54, 1.807) is 6.20 Å². The second-order valence-electron chi connectivity index (χ2n) is 3.49. The van der Waals surface area contributed by atoms with Crippen molar-refractivity contribution in [1.29, 1.82) is 0 Å². The number of anilines is 1. The van der Waals surface area contributed by atoms with Gasteiger partial charge in [-0.15, -0.1) is 5.10 Å². The van der Waals surface area contributed by atoms with Gasteiger partial charge in [0.05, 0.1) is 12.7 Å². The van der Waals surface area contributed by atoms with E-state index >= 15 is 0 Å². The molecule has 0 unspecified atom stereocenters. The van der Waals surface area contributed by atoms with Crippen LogP contribution >= 0.6 is 11.6 Å². The molecule has 2 rings (SSSR count). The van der Waals surface area contributed by atoms with Gasteiger partial charge in [0.15, 0.2) is 10.9 Å². The lowest BCUT2D eigenvalue weighted by Crippen LogP contribution is -2.38. The first-order chi connectivity index (χ1) is 6.70. The lowest BCUT2D eigenvalue weighted by atomic mass is 10.2. The molecule has 0 saturated heterocycles. The summed E-state index contributed by atoms with van der Waals surface area (Å²) in [7, 11) is 0. The molecule has 0 spiro atoms. The topological polar surface area (TPSA) is 38.2 Å². The van der Waals surface area contributed by atoms with E-state index in [1.165, 1.54) is 0 Å². The number of hydrogen-bond donors (Lipinski definition) is 0. The van der Waals surface area contributed by atoms with E-state index in [2.05, 4.69) is 28.9 Å². The first-order valence-corrected chi connectivity index (χ1v) is 4.98. The summed E-state index contributed by atoms with van der Waals surface area (Å²) in [6.45, 7) is 5.77. The van der Waals surface area contributed by atoms with E-state index in [1.807, 2.05) is 0 Å². The minimum atomic E-state index is 0.341. The zero-order chi connectivity index (χ0) is 10.1. The van der Waals surface area contributed by atoms with E-state index in [9.17, 15) is 0 Å². The number of halogens is 1. The van der Waals surface area contributed by atoms with Gasteiger partial charge in [-0.3, -0.25) is 0 Å². The zero-order valence-electron chi connectivity index (χ0n) is 8.20. The molecule has 1 aromatic heterocycles. The summed E-state index contributed by atoms with van der Waals surface area (Å²) in [5, 5.41) is 7.92. The molecule has 2 heterocycles. The van der Waals surface area contributed by atoms with Gasteiger partial charge in [-0.2, -0.15) is 5.10 Å². The summed E-state index contributed by atoms with van der Waals surface area (Å²) >= 11 is 5.89. The highest BCUT2D eigenvalue weighted by molar-refractivity contribution is 6.31. The van der Waals surface area contributed by atoms with E-state index in [0.717, 1.165) is 12.2 Å². The third-order valence-corrected chi connectivity index (χ3v) is 2.50. The molecule has 0 saturated carbocycles. The molecule has 5 heteroatoms. The molecule has 0 N–H and O–H groups in total. The van der Waals surface area contributed by atoms with Gasteiger partial charge in [0.2, 0.25) is 0 Å². The maximum absolute atomic E-state index is 5.89. The fraction of sp³-hybridized carbons (Fsp3) is 0.556. The Morgan fingerprint density at radius 1 is 1.57 bits per heavy atom. The Morgan fingerprint density at radius 3 is 3.07 bits per heavy atom. The summed E-state index contributed by atoms with van der Waals surface area (Å²) in [6.07, 6.45) is 1.69. The lowest BCUT2D eigenvalue weighted by Gasteiger charge is -2.33. The van der Waals surface area contributed by atoms with Crippen molar-refractivity contribution < 1.29 is 4.74 Å².